The van der Waals surface area contributed by atoms with Crippen molar-refractivity contribution in [1.82, 2.24) is 10.1 Å². The number of piperidine rings is 1. The third kappa shape index (κ3) is 3.93. The van der Waals surface area contributed by atoms with Crippen LogP contribution in [0.2, 0.25) is 0 Å². The summed E-state index contributed by atoms with van der Waals surface area (Å²) in [4.78, 5) is 17.3. The molecule has 2 radical (unpaired) electrons. The van der Waals surface area contributed by atoms with Crippen LogP contribution in [0.5, 0.6) is 0 Å². The van der Waals surface area contributed by atoms with Gasteiger partial charge in [0.2, 0.25) is 0 Å². The molecule has 1 saturated heterocycles. The quantitative estimate of drug-likeness (QED) is 0.323. The van der Waals surface area contributed by atoms with E-state index in [-0.39, 0.29) is 11.9 Å². The largest absolute Gasteiger partial charge is 0.383 e. The number of carbonyl (C=O) groups is 1. The van der Waals surface area contributed by atoms with Crippen molar-refractivity contribution in [2.24, 2.45) is 0 Å². The van der Waals surface area contributed by atoms with Crippen LogP contribution in [-0.4, -0.2) is 51.5 Å². The molecule has 8 heteroatoms. The lowest BCUT2D eigenvalue weighted by molar-refractivity contribution is 0.0477. The molecule has 2 rings (SSSR count). The Hall–Kier alpha value is -1.17. The fraction of sp³-hybridized carbons (Fsp3) is 0.538. The van der Waals surface area contributed by atoms with Crippen LogP contribution in [0.1, 0.15) is 23.2 Å². The molecule has 2 atom stereocenters. The number of rotatable bonds is 6. The summed E-state index contributed by atoms with van der Waals surface area (Å²) >= 11 is 0. The van der Waals surface area contributed by atoms with Crippen molar-refractivity contribution in [2.75, 3.05) is 36.9 Å². The summed E-state index contributed by atoms with van der Waals surface area (Å²) in [6, 6.07) is 0. The van der Waals surface area contributed by atoms with E-state index in [9.17, 15) is 4.79 Å². The number of nitrogens with zero attached hydrogens (tertiary/aromatic N) is 2. The Morgan fingerprint density at radius 3 is 3.19 bits per heavy atom. The molecule has 2 unspecified atom stereocenters. The Balaban J connectivity index is 2.14. The molecule has 0 bridgehead atoms. The number of ether oxygens (including phenoxy) is 1. The third-order valence-electron chi connectivity index (χ3n) is 3.56. The number of hydrogen-bond donors (Lipinski definition) is 2. The molecule has 0 saturated carbocycles. The molecule has 0 aromatic carbocycles. The zero-order valence-electron chi connectivity index (χ0n) is 11.9. The van der Waals surface area contributed by atoms with Gasteiger partial charge in [-0.15, -0.1) is 0 Å². The van der Waals surface area contributed by atoms with Crippen molar-refractivity contribution in [3.63, 3.8) is 0 Å². The second-order valence-corrected chi connectivity index (χ2v) is 5.42. The number of anilines is 2. The van der Waals surface area contributed by atoms with Crippen LogP contribution in [0.15, 0.2) is 6.20 Å². The highest BCUT2D eigenvalue weighted by Gasteiger charge is 2.24. The van der Waals surface area contributed by atoms with E-state index in [0.717, 1.165) is 32.2 Å². The molecule has 1 aliphatic heterocycles. The maximum absolute atomic E-state index is 11.3. The second-order valence-electron chi connectivity index (χ2n) is 5.01. The van der Waals surface area contributed by atoms with Crippen LogP contribution in [0.4, 0.5) is 11.5 Å². The van der Waals surface area contributed by atoms with Gasteiger partial charge in [0.25, 0.3) is 0 Å². The van der Waals surface area contributed by atoms with E-state index in [0.29, 0.717) is 29.9 Å². The van der Waals surface area contributed by atoms with Gasteiger partial charge in [0.1, 0.15) is 13.7 Å². The summed E-state index contributed by atoms with van der Waals surface area (Å²) in [5.41, 5.74) is 7.28. The molecule has 0 amide bonds. The van der Waals surface area contributed by atoms with Gasteiger partial charge < -0.3 is 15.4 Å². The number of hydrogen-bond acceptors (Lipinski definition) is 6. The molecular formula is C13H20BN4O2P. The Bertz CT molecular complexity index is 503. The first-order valence-corrected chi connectivity index (χ1v) is 7.54. The van der Waals surface area contributed by atoms with Crippen LogP contribution in [0.25, 0.3) is 0 Å². The fourth-order valence-electron chi connectivity index (χ4n) is 2.58. The molecule has 1 aromatic rings. The van der Waals surface area contributed by atoms with Crippen molar-refractivity contribution in [1.29, 1.82) is 0 Å². The van der Waals surface area contributed by atoms with Crippen molar-refractivity contribution in [3.8, 4) is 0 Å². The molecule has 0 spiro atoms. The van der Waals surface area contributed by atoms with Crippen LogP contribution < -0.4 is 21.2 Å². The molecule has 1 aromatic heterocycles. The highest BCUT2D eigenvalue weighted by Crippen LogP contribution is 2.24. The minimum absolute atomic E-state index is 0.130. The SMILES string of the molecule is [B]c1cnc(N)c(C=O)c1N1CCCC(OCCNP)C1. The van der Waals surface area contributed by atoms with E-state index >= 15 is 0 Å². The summed E-state index contributed by atoms with van der Waals surface area (Å²) < 4.78 is 5.83. The average Bonchev–Trinajstić information content (AvgIpc) is 2.50. The number of nitrogens with one attached hydrogen (secondary N) is 1. The molecule has 112 valence electrons. The van der Waals surface area contributed by atoms with E-state index < -0.39 is 0 Å². The van der Waals surface area contributed by atoms with Crippen molar-refractivity contribution in [3.05, 3.63) is 11.8 Å². The highest BCUT2D eigenvalue weighted by molar-refractivity contribution is 7.13. The molecule has 6 nitrogen and oxygen atoms in total. The van der Waals surface area contributed by atoms with Gasteiger partial charge in [0.15, 0.2) is 6.29 Å². The number of nitrogen functional groups attached to an aromatic ring is 1. The zero-order valence-corrected chi connectivity index (χ0v) is 13.1. The molecule has 2 heterocycles. The number of nitrogens with two attached hydrogens (primary N) is 1. The predicted octanol–water partition coefficient (Wildman–Crippen LogP) is -0.365. The van der Waals surface area contributed by atoms with Crippen LogP contribution >= 0.6 is 9.39 Å². The molecule has 1 aliphatic rings. The Morgan fingerprint density at radius 2 is 2.48 bits per heavy atom. The van der Waals surface area contributed by atoms with Gasteiger partial charge in [-0.2, -0.15) is 0 Å². The van der Waals surface area contributed by atoms with Crippen molar-refractivity contribution in [2.45, 2.75) is 18.9 Å². The topological polar surface area (TPSA) is 80.5 Å². The summed E-state index contributed by atoms with van der Waals surface area (Å²) in [5, 5.41) is 2.97. The molecule has 3 N–H and O–H groups in total. The normalized spacial score (nSPS) is 18.7. The Morgan fingerprint density at radius 1 is 1.67 bits per heavy atom. The lowest BCUT2D eigenvalue weighted by Gasteiger charge is -2.36. The standard InChI is InChI=1S/C13H20BN4O2P/c14-11-6-16-13(15)10(8-19)12(11)18-4-1-2-9(7-18)20-5-3-17-21/h6,8-9,17H,1-5,7,21H2,(H2,15,16). The Labute approximate surface area is 128 Å². The summed E-state index contributed by atoms with van der Waals surface area (Å²) in [5.74, 6) is 0.212. The average molecular weight is 306 g/mol. The summed E-state index contributed by atoms with van der Waals surface area (Å²) in [6.45, 7) is 2.96. The monoisotopic (exact) mass is 306 g/mol. The van der Waals surface area contributed by atoms with Gasteiger partial charge in [-0.05, 0) is 12.8 Å². The van der Waals surface area contributed by atoms with E-state index in [1.165, 1.54) is 6.20 Å². The lowest BCUT2D eigenvalue weighted by atomic mass is 9.92. The first-order valence-electron chi connectivity index (χ1n) is 6.96. The minimum atomic E-state index is 0.130. The van der Waals surface area contributed by atoms with E-state index in [1.807, 2.05) is 0 Å². The van der Waals surface area contributed by atoms with Gasteiger partial charge in [0.05, 0.1) is 18.3 Å². The number of pyridine rings is 1. The number of aldehydes is 1. The zero-order chi connectivity index (χ0) is 15.2. The third-order valence-corrected chi connectivity index (χ3v) is 3.85. The fourth-order valence-corrected chi connectivity index (χ4v) is 2.70. The molecule has 0 aliphatic carbocycles. The highest BCUT2D eigenvalue weighted by atomic mass is 31.0. The van der Waals surface area contributed by atoms with Gasteiger partial charge in [0, 0.05) is 31.5 Å². The van der Waals surface area contributed by atoms with Crippen LogP contribution in [0, 0.1) is 0 Å². The number of aromatic nitrogens is 1. The molecule has 1 fully saturated rings. The second kappa shape index (κ2) is 7.73. The van der Waals surface area contributed by atoms with Crippen LogP contribution in [0.3, 0.4) is 0 Å². The van der Waals surface area contributed by atoms with Crippen molar-refractivity contribution >= 4 is 40.5 Å². The van der Waals surface area contributed by atoms with Crippen LogP contribution in [-0.2, 0) is 4.74 Å². The van der Waals surface area contributed by atoms with Gasteiger partial charge in [-0.25, -0.2) is 4.98 Å². The van der Waals surface area contributed by atoms with E-state index in [1.54, 1.807) is 0 Å². The van der Waals surface area contributed by atoms with E-state index in [4.69, 9.17) is 18.3 Å². The van der Waals surface area contributed by atoms with Gasteiger partial charge >= 0.3 is 0 Å². The summed E-state index contributed by atoms with van der Waals surface area (Å²) in [6.07, 6.45) is 4.34. The first kappa shape index (κ1) is 16.2. The van der Waals surface area contributed by atoms with E-state index in [2.05, 4.69) is 24.4 Å². The minimum Gasteiger partial charge on any atom is -0.383 e. The maximum atomic E-state index is 11.3. The smallest absolute Gasteiger partial charge is 0.155 e. The maximum Gasteiger partial charge on any atom is 0.155 e. The summed E-state index contributed by atoms with van der Waals surface area (Å²) in [7, 11) is 8.44. The van der Waals surface area contributed by atoms with Gasteiger partial charge in [-0.3, -0.25) is 9.88 Å². The predicted molar refractivity (Wildman–Crippen MR) is 88.3 cm³/mol. The molecule has 21 heavy (non-hydrogen) atoms. The number of carbonyl (C=O) groups excluding carboxylic acids is 1. The Kier molecular flexibility index (Phi) is 5.97. The molecular weight excluding hydrogens is 286 g/mol. The first-order chi connectivity index (χ1) is 10.2. The van der Waals surface area contributed by atoms with Gasteiger partial charge in [-0.1, -0.05) is 14.9 Å². The van der Waals surface area contributed by atoms with Crippen molar-refractivity contribution < 1.29 is 9.53 Å². The lowest BCUT2D eigenvalue weighted by Crippen LogP contribution is -2.43.